The molecule has 0 amide bonds. The molecule has 0 aliphatic carbocycles. The van der Waals surface area contributed by atoms with Crippen molar-refractivity contribution in [3.63, 3.8) is 0 Å². The zero-order chi connectivity index (χ0) is 10.7. The number of nitrogens with zero attached hydrogens (tertiary/aromatic N) is 2. The van der Waals surface area contributed by atoms with Crippen LogP contribution < -0.4 is 4.90 Å². The number of piperidine rings is 1. The van der Waals surface area contributed by atoms with Gasteiger partial charge in [-0.05, 0) is 38.3 Å². The summed E-state index contributed by atoms with van der Waals surface area (Å²) in [5, 5.41) is 0. The van der Waals surface area contributed by atoms with E-state index >= 15 is 0 Å². The van der Waals surface area contributed by atoms with Crippen molar-refractivity contribution in [2.45, 2.75) is 38.1 Å². The Morgan fingerprint density at radius 2 is 2.40 bits per heavy atom. The molecule has 3 heteroatoms. The SMILES string of the molecule is CC1CCCCN1c1ccnc(CCl)c1. The van der Waals surface area contributed by atoms with Crippen LogP contribution in [0.1, 0.15) is 31.9 Å². The fourth-order valence-corrected chi connectivity index (χ4v) is 2.35. The van der Waals surface area contributed by atoms with Gasteiger partial charge >= 0.3 is 0 Å². The number of aromatic nitrogens is 1. The molecule has 82 valence electrons. The van der Waals surface area contributed by atoms with Gasteiger partial charge in [-0.3, -0.25) is 4.98 Å². The highest BCUT2D eigenvalue weighted by Crippen LogP contribution is 2.24. The normalized spacial score (nSPS) is 21.7. The van der Waals surface area contributed by atoms with Gasteiger partial charge in [0.05, 0.1) is 11.6 Å². The lowest BCUT2D eigenvalue weighted by molar-refractivity contribution is 0.484. The van der Waals surface area contributed by atoms with E-state index in [1.807, 2.05) is 6.20 Å². The number of anilines is 1. The third-order valence-electron chi connectivity index (χ3n) is 3.07. The van der Waals surface area contributed by atoms with Gasteiger partial charge in [0.15, 0.2) is 0 Å². The van der Waals surface area contributed by atoms with E-state index in [4.69, 9.17) is 11.6 Å². The van der Waals surface area contributed by atoms with E-state index in [0.29, 0.717) is 11.9 Å². The van der Waals surface area contributed by atoms with E-state index in [-0.39, 0.29) is 0 Å². The zero-order valence-electron chi connectivity index (χ0n) is 9.12. The number of hydrogen-bond donors (Lipinski definition) is 0. The van der Waals surface area contributed by atoms with Crippen molar-refractivity contribution in [3.8, 4) is 0 Å². The average Bonchev–Trinajstić information content (AvgIpc) is 2.30. The number of pyridine rings is 1. The lowest BCUT2D eigenvalue weighted by Crippen LogP contribution is -2.37. The highest BCUT2D eigenvalue weighted by Gasteiger charge is 2.18. The predicted molar refractivity (Wildman–Crippen MR) is 64.5 cm³/mol. The van der Waals surface area contributed by atoms with E-state index < -0.39 is 0 Å². The van der Waals surface area contributed by atoms with Crippen molar-refractivity contribution in [3.05, 3.63) is 24.0 Å². The number of alkyl halides is 1. The first kappa shape index (κ1) is 10.7. The van der Waals surface area contributed by atoms with Crippen LogP contribution in [-0.2, 0) is 5.88 Å². The van der Waals surface area contributed by atoms with Crippen molar-refractivity contribution in [1.29, 1.82) is 0 Å². The average molecular weight is 225 g/mol. The number of halogens is 1. The molecule has 1 aromatic rings. The Morgan fingerprint density at radius 3 is 3.13 bits per heavy atom. The molecule has 1 fully saturated rings. The van der Waals surface area contributed by atoms with Crippen LogP contribution in [0.3, 0.4) is 0 Å². The molecular weight excluding hydrogens is 208 g/mol. The molecule has 0 spiro atoms. The van der Waals surface area contributed by atoms with Gasteiger partial charge in [-0.1, -0.05) is 0 Å². The van der Waals surface area contributed by atoms with E-state index in [1.54, 1.807) is 0 Å². The molecule has 0 aromatic carbocycles. The second-order valence-electron chi connectivity index (χ2n) is 4.18. The fourth-order valence-electron chi connectivity index (χ4n) is 2.20. The minimum atomic E-state index is 0.496. The Bertz CT molecular complexity index is 327. The van der Waals surface area contributed by atoms with Crippen LogP contribution in [0.4, 0.5) is 5.69 Å². The highest BCUT2D eigenvalue weighted by atomic mass is 35.5. The minimum Gasteiger partial charge on any atom is -0.369 e. The fraction of sp³-hybridized carbons (Fsp3) is 0.583. The van der Waals surface area contributed by atoms with Crippen LogP contribution in [0.2, 0.25) is 0 Å². The second kappa shape index (κ2) is 4.84. The number of rotatable bonds is 2. The molecule has 1 aliphatic rings. The first-order valence-corrected chi connectivity index (χ1v) is 6.12. The van der Waals surface area contributed by atoms with Crippen LogP contribution >= 0.6 is 11.6 Å². The molecule has 0 radical (unpaired) electrons. The van der Waals surface area contributed by atoms with Gasteiger partial charge in [-0.2, -0.15) is 0 Å². The summed E-state index contributed by atoms with van der Waals surface area (Å²) in [4.78, 5) is 6.68. The Hall–Kier alpha value is -0.760. The molecular formula is C12H17ClN2. The smallest absolute Gasteiger partial charge is 0.0648 e. The molecule has 1 atom stereocenters. The van der Waals surface area contributed by atoms with E-state index in [9.17, 15) is 0 Å². The van der Waals surface area contributed by atoms with E-state index in [1.165, 1.54) is 24.9 Å². The zero-order valence-corrected chi connectivity index (χ0v) is 9.87. The van der Waals surface area contributed by atoms with Gasteiger partial charge in [0.2, 0.25) is 0 Å². The van der Waals surface area contributed by atoms with Crippen molar-refractivity contribution in [1.82, 2.24) is 4.98 Å². The molecule has 2 heterocycles. The summed E-state index contributed by atoms with van der Waals surface area (Å²) in [6.45, 7) is 3.45. The molecule has 1 unspecified atom stereocenters. The lowest BCUT2D eigenvalue weighted by Gasteiger charge is -2.35. The van der Waals surface area contributed by atoms with Crippen LogP contribution in [0.15, 0.2) is 18.3 Å². The quantitative estimate of drug-likeness (QED) is 0.718. The maximum absolute atomic E-state index is 5.79. The largest absolute Gasteiger partial charge is 0.369 e. The van der Waals surface area contributed by atoms with Crippen molar-refractivity contribution in [2.24, 2.45) is 0 Å². The van der Waals surface area contributed by atoms with E-state index in [0.717, 1.165) is 12.2 Å². The summed E-state index contributed by atoms with van der Waals surface area (Å²) in [7, 11) is 0. The summed E-state index contributed by atoms with van der Waals surface area (Å²) in [6.07, 6.45) is 5.79. The van der Waals surface area contributed by atoms with Gasteiger partial charge in [0.25, 0.3) is 0 Å². The summed E-state index contributed by atoms with van der Waals surface area (Å²) in [5.41, 5.74) is 2.24. The molecule has 1 saturated heterocycles. The van der Waals surface area contributed by atoms with Crippen molar-refractivity contribution < 1.29 is 0 Å². The predicted octanol–water partition coefficient (Wildman–Crippen LogP) is 3.20. The van der Waals surface area contributed by atoms with Gasteiger partial charge in [0.1, 0.15) is 0 Å². The molecule has 15 heavy (non-hydrogen) atoms. The molecule has 0 saturated carbocycles. The Balaban J connectivity index is 2.19. The molecule has 0 N–H and O–H groups in total. The van der Waals surface area contributed by atoms with Crippen molar-refractivity contribution in [2.75, 3.05) is 11.4 Å². The molecule has 2 rings (SSSR count). The maximum Gasteiger partial charge on any atom is 0.0648 e. The van der Waals surface area contributed by atoms with E-state index in [2.05, 4.69) is 28.9 Å². The first-order chi connectivity index (χ1) is 7.31. The minimum absolute atomic E-state index is 0.496. The standard InChI is InChI=1S/C12H17ClN2/c1-10-4-2-3-7-15(10)12-5-6-14-11(8-12)9-13/h5-6,8,10H,2-4,7,9H2,1H3. The molecule has 1 aliphatic heterocycles. The molecule has 1 aromatic heterocycles. The monoisotopic (exact) mass is 224 g/mol. The topological polar surface area (TPSA) is 16.1 Å². The van der Waals surface area contributed by atoms with Crippen LogP contribution in [-0.4, -0.2) is 17.6 Å². The van der Waals surface area contributed by atoms with Gasteiger partial charge in [0, 0.05) is 24.5 Å². The van der Waals surface area contributed by atoms with Crippen molar-refractivity contribution >= 4 is 17.3 Å². The Labute approximate surface area is 96.3 Å². The van der Waals surface area contributed by atoms with Crippen LogP contribution in [0.25, 0.3) is 0 Å². The van der Waals surface area contributed by atoms with Gasteiger partial charge in [-0.25, -0.2) is 0 Å². The third kappa shape index (κ3) is 2.43. The summed E-state index contributed by atoms with van der Waals surface area (Å²) in [5.74, 6) is 0.496. The lowest BCUT2D eigenvalue weighted by atomic mass is 10.0. The van der Waals surface area contributed by atoms with Gasteiger partial charge in [-0.15, -0.1) is 11.6 Å². The number of hydrogen-bond acceptors (Lipinski definition) is 2. The molecule has 0 bridgehead atoms. The second-order valence-corrected chi connectivity index (χ2v) is 4.44. The summed E-state index contributed by atoms with van der Waals surface area (Å²) in [6, 6.07) is 4.83. The van der Waals surface area contributed by atoms with Crippen LogP contribution in [0, 0.1) is 0 Å². The third-order valence-corrected chi connectivity index (χ3v) is 3.35. The van der Waals surface area contributed by atoms with Crippen LogP contribution in [0.5, 0.6) is 0 Å². The highest BCUT2D eigenvalue weighted by molar-refractivity contribution is 6.16. The Kier molecular flexibility index (Phi) is 3.47. The maximum atomic E-state index is 5.79. The first-order valence-electron chi connectivity index (χ1n) is 5.59. The van der Waals surface area contributed by atoms with Gasteiger partial charge < -0.3 is 4.90 Å². The summed E-state index contributed by atoms with van der Waals surface area (Å²) >= 11 is 5.79. The summed E-state index contributed by atoms with van der Waals surface area (Å²) < 4.78 is 0. The molecule has 2 nitrogen and oxygen atoms in total. The Morgan fingerprint density at radius 1 is 1.53 bits per heavy atom.